The fourth-order valence-corrected chi connectivity index (χ4v) is 3.68. The standard InChI is InChI=1S/C19H27FN2O3/c1-22(17-6-4-2-3-5-7-17)19(23)21-9-8-14-10-16(20)11-15-12-24-13-25-18(14)15/h10-11,17H,2-9,12-13H2,1H3,(H,21,23). The fraction of sp³-hybridized carbons (Fsp3) is 0.632. The molecule has 2 amide bonds. The van der Waals surface area contributed by atoms with Gasteiger partial charge in [-0.15, -0.1) is 0 Å². The summed E-state index contributed by atoms with van der Waals surface area (Å²) in [4.78, 5) is 14.2. The number of rotatable bonds is 4. The molecule has 1 fully saturated rings. The molecule has 1 aromatic carbocycles. The molecule has 0 aromatic heterocycles. The van der Waals surface area contributed by atoms with E-state index < -0.39 is 0 Å². The highest BCUT2D eigenvalue weighted by Crippen LogP contribution is 2.29. The summed E-state index contributed by atoms with van der Waals surface area (Å²) in [6, 6.07) is 3.19. The van der Waals surface area contributed by atoms with Crippen LogP contribution in [0.4, 0.5) is 9.18 Å². The van der Waals surface area contributed by atoms with Crippen molar-refractivity contribution in [2.24, 2.45) is 0 Å². The summed E-state index contributed by atoms with van der Waals surface area (Å²) in [6.45, 7) is 0.995. The molecule has 0 spiro atoms. The number of urea groups is 1. The van der Waals surface area contributed by atoms with Crippen molar-refractivity contribution in [1.29, 1.82) is 0 Å². The lowest BCUT2D eigenvalue weighted by molar-refractivity contribution is -0.0172. The second-order valence-corrected chi connectivity index (χ2v) is 6.90. The molecule has 1 saturated carbocycles. The lowest BCUT2D eigenvalue weighted by atomic mass is 10.1. The van der Waals surface area contributed by atoms with Crippen molar-refractivity contribution in [1.82, 2.24) is 10.2 Å². The summed E-state index contributed by atoms with van der Waals surface area (Å²) in [5, 5.41) is 2.95. The maximum Gasteiger partial charge on any atom is 0.317 e. The third-order valence-corrected chi connectivity index (χ3v) is 5.12. The molecule has 0 unspecified atom stereocenters. The van der Waals surface area contributed by atoms with Crippen LogP contribution in [-0.2, 0) is 17.8 Å². The number of nitrogens with one attached hydrogen (secondary N) is 1. The molecule has 6 heteroatoms. The van der Waals surface area contributed by atoms with Gasteiger partial charge in [-0.2, -0.15) is 0 Å². The second kappa shape index (κ2) is 8.52. The molecule has 1 aliphatic heterocycles. The van der Waals surface area contributed by atoms with Gasteiger partial charge in [0.1, 0.15) is 11.6 Å². The highest BCUT2D eigenvalue weighted by molar-refractivity contribution is 5.74. The van der Waals surface area contributed by atoms with Crippen LogP contribution in [0.2, 0.25) is 0 Å². The first kappa shape index (κ1) is 18.0. The lowest BCUT2D eigenvalue weighted by Crippen LogP contribution is -2.44. The third-order valence-electron chi connectivity index (χ3n) is 5.12. The van der Waals surface area contributed by atoms with Crippen LogP contribution in [0.1, 0.15) is 49.7 Å². The molecule has 1 N–H and O–H groups in total. The fourth-order valence-electron chi connectivity index (χ4n) is 3.68. The number of halogens is 1. The zero-order valence-electron chi connectivity index (χ0n) is 14.9. The number of benzene rings is 1. The minimum Gasteiger partial charge on any atom is -0.467 e. The van der Waals surface area contributed by atoms with E-state index in [-0.39, 0.29) is 18.6 Å². The van der Waals surface area contributed by atoms with Crippen molar-refractivity contribution >= 4 is 6.03 Å². The van der Waals surface area contributed by atoms with Crippen molar-refractivity contribution < 1.29 is 18.7 Å². The quantitative estimate of drug-likeness (QED) is 0.844. The molecule has 0 saturated heterocycles. The first-order chi connectivity index (χ1) is 12.1. The number of hydrogen-bond acceptors (Lipinski definition) is 3. The Kier molecular flexibility index (Phi) is 6.13. The van der Waals surface area contributed by atoms with E-state index in [2.05, 4.69) is 5.32 Å². The predicted octanol–water partition coefficient (Wildman–Crippen LogP) is 3.60. The number of fused-ring (bicyclic) bond motifs is 1. The van der Waals surface area contributed by atoms with Crippen LogP contribution >= 0.6 is 0 Å². The number of nitrogens with zero attached hydrogens (tertiary/aromatic N) is 1. The summed E-state index contributed by atoms with van der Waals surface area (Å²) in [6.07, 6.45) is 7.60. The molecule has 25 heavy (non-hydrogen) atoms. The largest absolute Gasteiger partial charge is 0.467 e. The predicted molar refractivity (Wildman–Crippen MR) is 93.0 cm³/mol. The van der Waals surface area contributed by atoms with Gasteiger partial charge in [-0.25, -0.2) is 9.18 Å². The van der Waals surface area contributed by atoms with E-state index in [0.29, 0.717) is 31.4 Å². The molecule has 5 nitrogen and oxygen atoms in total. The lowest BCUT2D eigenvalue weighted by Gasteiger charge is -2.27. The third kappa shape index (κ3) is 4.63. The van der Waals surface area contributed by atoms with Crippen LogP contribution in [-0.4, -0.2) is 37.4 Å². The number of carbonyl (C=O) groups excluding carboxylic acids is 1. The Morgan fingerprint density at radius 2 is 2.04 bits per heavy atom. The van der Waals surface area contributed by atoms with Gasteiger partial charge < -0.3 is 19.7 Å². The van der Waals surface area contributed by atoms with E-state index >= 15 is 0 Å². The maximum absolute atomic E-state index is 13.7. The van der Waals surface area contributed by atoms with Crippen molar-refractivity contribution in [3.8, 4) is 5.75 Å². The van der Waals surface area contributed by atoms with Gasteiger partial charge in [-0.05, 0) is 37.0 Å². The average Bonchev–Trinajstić information content (AvgIpc) is 2.90. The van der Waals surface area contributed by atoms with Gasteiger partial charge in [0.2, 0.25) is 0 Å². The van der Waals surface area contributed by atoms with Crippen molar-refractivity contribution in [3.05, 3.63) is 29.1 Å². The van der Waals surface area contributed by atoms with E-state index in [1.165, 1.54) is 37.8 Å². The normalized spacial score (nSPS) is 18.0. The molecule has 1 aromatic rings. The van der Waals surface area contributed by atoms with Gasteiger partial charge in [-0.1, -0.05) is 25.7 Å². The molecule has 1 heterocycles. The highest BCUT2D eigenvalue weighted by Gasteiger charge is 2.21. The Morgan fingerprint density at radius 1 is 1.28 bits per heavy atom. The van der Waals surface area contributed by atoms with E-state index in [1.807, 2.05) is 11.9 Å². The SMILES string of the molecule is CN(C(=O)NCCc1cc(F)cc2c1OCOC2)C1CCCCCC1. The molecule has 0 atom stereocenters. The van der Waals surface area contributed by atoms with Gasteiger partial charge in [0.25, 0.3) is 0 Å². The smallest absolute Gasteiger partial charge is 0.317 e. The average molecular weight is 350 g/mol. The van der Waals surface area contributed by atoms with Crippen molar-refractivity contribution in [2.75, 3.05) is 20.4 Å². The number of hydrogen-bond donors (Lipinski definition) is 1. The Hall–Kier alpha value is -1.82. The minimum atomic E-state index is -0.301. The van der Waals surface area contributed by atoms with Gasteiger partial charge >= 0.3 is 6.03 Å². The molecule has 1 aliphatic carbocycles. The summed E-state index contributed by atoms with van der Waals surface area (Å²) in [5.41, 5.74) is 1.50. The van der Waals surface area contributed by atoms with Crippen LogP contribution in [0, 0.1) is 5.82 Å². The molecule has 2 aliphatic rings. The van der Waals surface area contributed by atoms with E-state index in [4.69, 9.17) is 9.47 Å². The topological polar surface area (TPSA) is 50.8 Å². The molecular formula is C19H27FN2O3. The first-order valence-corrected chi connectivity index (χ1v) is 9.17. The van der Waals surface area contributed by atoms with Gasteiger partial charge in [0, 0.05) is 25.2 Å². The monoisotopic (exact) mass is 350 g/mol. The Bertz CT molecular complexity index is 601. The Balaban J connectivity index is 1.54. The van der Waals surface area contributed by atoms with Crippen LogP contribution in [0.5, 0.6) is 5.75 Å². The van der Waals surface area contributed by atoms with Crippen LogP contribution in [0.25, 0.3) is 0 Å². The van der Waals surface area contributed by atoms with Gasteiger partial charge in [0.15, 0.2) is 6.79 Å². The van der Waals surface area contributed by atoms with Crippen LogP contribution in [0.3, 0.4) is 0 Å². The van der Waals surface area contributed by atoms with Crippen LogP contribution in [0.15, 0.2) is 12.1 Å². The molecule has 0 bridgehead atoms. The molecule has 138 valence electrons. The molecule has 0 radical (unpaired) electrons. The zero-order valence-corrected chi connectivity index (χ0v) is 14.9. The number of amides is 2. The zero-order chi connectivity index (χ0) is 17.6. The Labute approximate surface area is 148 Å². The Morgan fingerprint density at radius 3 is 2.80 bits per heavy atom. The van der Waals surface area contributed by atoms with Gasteiger partial charge in [0.05, 0.1) is 6.61 Å². The second-order valence-electron chi connectivity index (χ2n) is 6.90. The highest BCUT2D eigenvalue weighted by atomic mass is 19.1. The minimum absolute atomic E-state index is 0.0542. The van der Waals surface area contributed by atoms with Crippen molar-refractivity contribution in [2.45, 2.75) is 57.6 Å². The first-order valence-electron chi connectivity index (χ1n) is 9.17. The summed E-state index contributed by atoms with van der Waals surface area (Å²) in [7, 11) is 1.87. The summed E-state index contributed by atoms with van der Waals surface area (Å²) in [5.74, 6) is 0.392. The van der Waals surface area contributed by atoms with Crippen molar-refractivity contribution in [3.63, 3.8) is 0 Å². The molecule has 3 rings (SSSR count). The molecular weight excluding hydrogens is 323 g/mol. The maximum atomic E-state index is 13.7. The van der Waals surface area contributed by atoms with E-state index in [9.17, 15) is 9.18 Å². The van der Waals surface area contributed by atoms with Crippen LogP contribution < -0.4 is 10.1 Å². The van der Waals surface area contributed by atoms with E-state index in [0.717, 1.165) is 24.0 Å². The summed E-state index contributed by atoms with van der Waals surface area (Å²) < 4.78 is 24.4. The number of carbonyl (C=O) groups is 1. The number of ether oxygens (including phenoxy) is 2. The van der Waals surface area contributed by atoms with Gasteiger partial charge in [-0.3, -0.25) is 0 Å². The summed E-state index contributed by atoms with van der Waals surface area (Å²) >= 11 is 0. The van der Waals surface area contributed by atoms with E-state index in [1.54, 1.807) is 0 Å².